The molecule has 2 rings (SSSR count). The molecule has 2 fully saturated rings. The van der Waals surface area contributed by atoms with Crippen molar-refractivity contribution in [3.8, 4) is 6.07 Å². The van der Waals surface area contributed by atoms with Gasteiger partial charge in [0.15, 0.2) is 0 Å². The number of carbonyl (C=O) groups is 2. The molecule has 0 bridgehead atoms. The highest BCUT2D eigenvalue weighted by Gasteiger charge is 2.26. The van der Waals surface area contributed by atoms with Crippen molar-refractivity contribution >= 4 is 11.9 Å². The number of nitriles is 1. The summed E-state index contributed by atoms with van der Waals surface area (Å²) in [5.41, 5.74) is 0. The number of nitrogens with zero attached hydrogens (tertiary/aromatic N) is 2. The highest BCUT2D eigenvalue weighted by atomic mass is 16.2. The topological polar surface area (TPSA) is 97.3 Å². The summed E-state index contributed by atoms with van der Waals surface area (Å²) >= 11 is 0. The van der Waals surface area contributed by atoms with Crippen LogP contribution in [0.1, 0.15) is 12.8 Å². The largest absolute Gasteiger partial charge is 0.335 e. The zero-order chi connectivity index (χ0) is 13.0. The predicted octanol–water partition coefficient (Wildman–Crippen LogP) is -1.23. The Bertz CT molecular complexity index is 374. The van der Waals surface area contributed by atoms with E-state index in [4.69, 9.17) is 5.26 Å². The van der Waals surface area contributed by atoms with Gasteiger partial charge in [-0.15, -0.1) is 0 Å². The number of hydrogen-bond donors (Lipinski definition) is 3. The summed E-state index contributed by atoms with van der Waals surface area (Å²) in [6.45, 7) is 2.02. The lowest BCUT2D eigenvalue weighted by Crippen LogP contribution is -2.54. The molecule has 0 radical (unpaired) electrons. The van der Waals surface area contributed by atoms with E-state index in [1.165, 1.54) is 0 Å². The molecule has 0 aromatic heterocycles. The minimum absolute atomic E-state index is 0.0813. The summed E-state index contributed by atoms with van der Waals surface area (Å²) in [4.78, 5) is 24.8. The Labute approximate surface area is 106 Å². The van der Waals surface area contributed by atoms with Crippen LogP contribution in [0, 0.1) is 11.3 Å². The van der Waals surface area contributed by atoms with Gasteiger partial charge >= 0.3 is 6.03 Å². The molecule has 1 aliphatic heterocycles. The zero-order valence-corrected chi connectivity index (χ0v) is 10.1. The van der Waals surface area contributed by atoms with Crippen LogP contribution in [0.2, 0.25) is 0 Å². The second-order valence-electron chi connectivity index (χ2n) is 4.62. The van der Waals surface area contributed by atoms with Gasteiger partial charge in [-0.2, -0.15) is 5.26 Å². The van der Waals surface area contributed by atoms with Gasteiger partial charge < -0.3 is 10.6 Å². The molecule has 1 heterocycles. The minimum atomic E-state index is -0.439. The second-order valence-corrected chi connectivity index (χ2v) is 4.62. The third kappa shape index (κ3) is 3.68. The SMILES string of the molecule is N#CC1CNCCN1CC(=O)NC(=O)NC1CC1. The van der Waals surface area contributed by atoms with Crippen LogP contribution in [0.25, 0.3) is 0 Å². The van der Waals surface area contributed by atoms with Crippen LogP contribution in [0.5, 0.6) is 0 Å². The molecule has 3 amide bonds. The maximum Gasteiger partial charge on any atom is 0.321 e. The smallest absolute Gasteiger partial charge is 0.321 e. The highest BCUT2D eigenvalue weighted by molar-refractivity contribution is 5.95. The molecule has 3 N–H and O–H groups in total. The summed E-state index contributed by atoms with van der Waals surface area (Å²) < 4.78 is 0. The average Bonchev–Trinajstić information content (AvgIpc) is 3.13. The lowest BCUT2D eigenvalue weighted by molar-refractivity contribution is -0.121. The lowest BCUT2D eigenvalue weighted by Gasteiger charge is -2.30. The van der Waals surface area contributed by atoms with Gasteiger partial charge in [-0.05, 0) is 12.8 Å². The van der Waals surface area contributed by atoms with Gasteiger partial charge in [-0.3, -0.25) is 15.0 Å². The normalized spacial score (nSPS) is 24.1. The number of hydrogen-bond acceptors (Lipinski definition) is 5. The fourth-order valence-corrected chi connectivity index (χ4v) is 1.86. The number of urea groups is 1. The van der Waals surface area contributed by atoms with Crippen molar-refractivity contribution in [2.75, 3.05) is 26.2 Å². The van der Waals surface area contributed by atoms with Crippen LogP contribution in [-0.2, 0) is 4.79 Å². The molecule has 0 spiro atoms. The number of piperazine rings is 1. The van der Waals surface area contributed by atoms with E-state index in [-0.39, 0.29) is 24.5 Å². The van der Waals surface area contributed by atoms with Crippen molar-refractivity contribution in [1.29, 1.82) is 5.26 Å². The molecule has 1 unspecified atom stereocenters. The fourth-order valence-electron chi connectivity index (χ4n) is 1.86. The van der Waals surface area contributed by atoms with Crippen molar-refractivity contribution in [1.82, 2.24) is 20.9 Å². The van der Waals surface area contributed by atoms with Gasteiger partial charge in [0.05, 0.1) is 12.6 Å². The predicted molar refractivity (Wildman–Crippen MR) is 63.5 cm³/mol. The Morgan fingerprint density at radius 1 is 1.44 bits per heavy atom. The molecule has 1 aliphatic carbocycles. The van der Waals surface area contributed by atoms with E-state index in [1.54, 1.807) is 4.90 Å². The molecular weight excluding hydrogens is 234 g/mol. The Balaban J connectivity index is 1.75. The van der Waals surface area contributed by atoms with Gasteiger partial charge in [0.2, 0.25) is 5.91 Å². The Kier molecular flexibility index (Phi) is 4.12. The summed E-state index contributed by atoms with van der Waals surface area (Å²) in [5.74, 6) is -0.365. The summed E-state index contributed by atoms with van der Waals surface area (Å²) in [6.07, 6.45) is 1.96. The molecule has 0 aromatic rings. The Morgan fingerprint density at radius 3 is 2.89 bits per heavy atom. The first-order valence-corrected chi connectivity index (χ1v) is 6.14. The molecule has 7 nitrogen and oxygen atoms in total. The first kappa shape index (κ1) is 12.8. The number of imide groups is 1. The summed E-state index contributed by atoms with van der Waals surface area (Å²) in [6, 6.07) is 1.62. The summed E-state index contributed by atoms with van der Waals surface area (Å²) in [5, 5.41) is 17.0. The van der Waals surface area contributed by atoms with E-state index in [1.807, 2.05) is 0 Å². The Hall–Kier alpha value is -1.65. The second kappa shape index (κ2) is 5.80. The van der Waals surface area contributed by atoms with Gasteiger partial charge in [-0.1, -0.05) is 0 Å². The first-order chi connectivity index (χ1) is 8.69. The van der Waals surface area contributed by atoms with E-state index in [2.05, 4.69) is 22.0 Å². The van der Waals surface area contributed by atoms with E-state index in [0.717, 1.165) is 19.4 Å². The van der Waals surface area contributed by atoms with Crippen LogP contribution < -0.4 is 16.0 Å². The van der Waals surface area contributed by atoms with Crippen LogP contribution in [0.4, 0.5) is 4.79 Å². The van der Waals surface area contributed by atoms with Crippen molar-refractivity contribution in [3.05, 3.63) is 0 Å². The fraction of sp³-hybridized carbons (Fsp3) is 0.727. The van der Waals surface area contributed by atoms with E-state index >= 15 is 0 Å². The molecule has 1 saturated carbocycles. The number of nitrogens with one attached hydrogen (secondary N) is 3. The molecule has 2 aliphatic rings. The quantitative estimate of drug-likeness (QED) is 0.583. The van der Waals surface area contributed by atoms with Crippen LogP contribution in [0.15, 0.2) is 0 Å². The molecule has 18 heavy (non-hydrogen) atoms. The van der Waals surface area contributed by atoms with Crippen molar-refractivity contribution in [3.63, 3.8) is 0 Å². The van der Waals surface area contributed by atoms with Gasteiger partial charge in [0.1, 0.15) is 6.04 Å². The lowest BCUT2D eigenvalue weighted by atomic mass is 10.2. The maximum atomic E-state index is 11.6. The van der Waals surface area contributed by atoms with Crippen LogP contribution >= 0.6 is 0 Å². The number of carbonyl (C=O) groups excluding carboxylic acids is 2. The molecule has 98 valence electrons. The number of rotatable bonds is 3. The third-order valence-electron chi connectivity index (χ3n) is 3.02. The molecule has 1 saturated heterocycles. The summed E-state index contributed by atoms with van der Waals surface area (Å²) in [7, 11) is 0. The van der Waals surface area contributed by atoms with Crippen molar-refractivity contribution < 1.29 is 9.59 Å². The van der Waals surface area contributed by atoms with Gasteiger partial charge in [0.25, 0.3) is 0 Å². The van der Waals surface area contributed by atoms with Crippen LogP contribution in [-0.4, -0.2) is 55.1 Å². The average molecular weight is 251 g/mol. The molecule has 0 aromatic carbocycles. The maximum absolute atomic E-state index is 11.6. The Morgan fingerprint density at radius 2 is 2.22 bits per heavy atom. The van der Waals surface area contributed by atoms with E-state index in [9.17, 15) is 9.59 Å². The molecular formula is C11H17N5O2. The van der Waals surface area contributed by atoms with Crippen molar-refractivity contribution in [2.24, 2.45) is 0 Å². The standard InChI is InChI=1S/C11H17N5O2/c12-5-9-6-13-3-4-16(9)7-10(17)15-11(18)14-8-1-2-8/h8-9,13H,1-4,6-7H2,(H2,14,15,17,18). The minimum Gasteiger partial charge on any atom is -0.335 e. The third-order valence-corrected chi connectivity index (χ3v) is 3.02. The van der Waals surface area contributed by atoms with E-state index < -0.39 is 6.03 Å². The highest BCUT2D eigenvalue weighted by Crippen LogP contribution is 2.18. The molecule has 1 atom stereocenters. The zero-order valence-electron chi connectivity index (χ0n) is 10.1. The first-order valence-electron chi connectivity index (χ1n) is 6.14. The van der Waals surface area contributed by atoms with Crippen LogP contribution in [0.3, 0.4) is 0 Å². The number of amides is 3. The van der Waals surface area contributed by atoms with E-state index in [0.29, 0.717) is 13.1 Å². The monoisotopic (exact) mass is 251 g/mol. The van der Waals surface area contributed by atoms with Gasteiger partial charge in [-0.25, -0.2) is 4.79 Å². The van der Waals surface area contributed by atoms with Crippen molar-refractivity contribution in [2.45, 2.75) is 24.9 Å². The van der Waals surface area contributed by atoms with Gasteiger partial charge in [0, 0.05) is 25.7 Å². The molecule has 7 heteroatoms.